The molecule has 2 heterocycles. The van der Waals surface area contributed by atoms with Crippen molar-refractivity contribution < 1.29 is 4.79 Å². The molecule has 0 unspecified atom stereocenters. The summed E-state index contributed by atoms with van der Waals surface area (Å²) in [5, 5.41) is 6.61. The van der Waals surface area contributed by atoms with Gasteiger partial charge < -0.3 is 5.73 Å². The third-order valence-corrected chi connectivity index (χ3v) is 2.96. The van der Waals surface area contributed by atoms with Gasteiger partial charge in [-0.05, 0) is 12.8 Å². The van der Waals surface area contributed by atoms with Crippen molar-refractivity contribution in [2.75, 3.05) is 25.0 Å². The molecule has 0 bridgehead atoms. The van der Waals surface area contributed by atoms with Crippen molar-refractivity contribution in [3.8, 4) is 0 Å². The molecule has 1 saturated heterocycles. The predicted molar refractivity (Wildman–Crippen MR) is 63.3 cm³/mol. The third kappa shape index (κ3) is 3.24. The van der Waals surface area contributed by atoms with Crippen LogP contribution < -0.4 is 11.1 Å². The van der Waals surface area contributed by atoms with Crippen LogP contribution in [0.25, 0.3) is 0 Å². The van der Waals surface area contributed by atoms with Gasteiger partial charge in [-0.3, -0.25) is 15.0 Å². The SMILES string of the molecule is Cn1ncnc1NC(=O)CN1CCC(N)CC1. The lowest BCUT2D eigenvalue weighted by Gasteiger charge is -2.29. The molecule has 1 amide bonds. The maximum Gasteiger partial charge on any atom is 0.240 e. The molecule has 0 aromatic carbocycles. The Bertz CT molecular complexity index is 382. The number of nitrogens with one attached hydrogen (secondary N) is 1. The number of carbonyl (C=O) groups is 1. The standard InChI is InChI=1S/C10H18N6O/c1-15-10(12-7-13-15)14-9(17)6-16-4-2-8(11)3-5-16/h7-8H,2-6,11H2,1H3,(H,12,13,14,17). The second-order valence-electron chi connectivity index (χ2n) is 4.37. The summed E-state index contributed by atoms with van der Waals surface area (Å²) in [6.45, 7) is 2.15. The number of aromatic nitrogens is 3. The van der Waals surface area contributed by atoms with Gasteiger partial charge in [0.2, 0.25) is 11.9 Å². The van der Waals surface area contributed by atoms with Crippen LogP contribution in [0, 0.1) is 0 Å². The smallest absolute Gasteiger partial charge is 0.240 e. The Morgan fingerprint density at radius 1 is 1.59 bits per heavy atom. The molecule has 0 atom stereocenters. The van der Waals surface area contributed by atoms with Crippen molar-refractivity contribution in [2.24, 2.45) is 12.8 Å². The van der Waals surface area contributed by atoms with Gasteiger partial charge in [0.05, 0.1) is 6.54 Å². The number of amides is 1. The lowest BCUT2D eigenvalue weighted by molar-refractivity contribution is -0.117. The zero-order valence-corrected chi connectivity index (χ0v) is 9.96. The molecular formula is C10H18N6O. The van der Waals surface area contributed by atoms with Gasteiger partial charge in [-0.1, -0.05) is 0 Å². The van der Waals surface area contributed by atoms with E-state index < -0.39 is 0 Å². The third-order valence-electron chi connectivity index (χ3n) is 2.96. The molecule has 1 aliphatic rings. The molecule has 7 nitrogen and oxygen atoms in total. The van der Waals surface area contributed by atoms with Gasteiger partial charge >= 0.3 is 0 Å². The highest BCUT2D eigenvalue weighted by Gasteiger charge is 2.18. The van der Waals surface area contributed by atoms with E-state index in [4.69, 9.17) is 5.73 Å². The molecule has 0 aliphatic carbocycles. The average Bonchev–Trinajstić information content (AvgIpc) is 2.68. The van der Waals surface area contributed by atoms with Gasteiger partial charge in [-0.2, -0.15) is 10.1 Å². The first-order chi connectivity index (χ1) is 8.15. The molecule has 0 spiro atoms. The number of anilines is 1. The van der Waals surface area contributed by atoms with Crippen LogP contribution in [0.5, 0.6) is 0 Å². The quantitative estimate of drug-likeness (QED) is 0.718. The minimum Gasteiger partial charge on any atom is -0.328 e. The number of nitrogens with two attached hydrogens (primary N) is 1. The first-order valence-electron chi connectivity index (χ1n) is 5.77. The fourth-order valence-electron chi connectivity index (χ4n) is 1.89. The van der Waals surface area contributed by atoms with Crippen LogP contribution in [0.4, 0.5) is 5.95 Å². The zero-order valence-electron chi connectivity index (χ0n) is 9.96. The number of hydrogen-bond acceptors (Lipinski definition) is 5. The molecule has 3 N–H and O–H groups in total. The van der Waals surface area contributed by atoms with Crippen LogP contribution >= 0.6 is 0 Å². The number of carbonyl (C=O) groups excluding carboxylic acids is 1. The molecule has 1 aliphatic heterocycles. The molecule has 1 fully saturated rings. The van der Waals surface area contributed by atoms with E-state index in [1.54, 1.807) is 7.05 Å². The van der Waals surface area contributed by atoms with E-state index in [2.05, 4.69) is 20.3 Å². The highest BCUT2D eigenvalue weighted by atomic mass is 16.2. The maximum atomic E-state index is 11.7. The molecule has 2 rings (SSSR count). The summed E-state index contributed by atoms with van der Waals surface area (Å²) < 4.78 is 1.53. The maximum absolute atomic E-state index is 11.7. The van der Waals surface area contributed by atoms with E-state index in [9.17, 15) is 4.79 Å². The van der Waals surface area contributed by atoms with Crippen LogP contribution in [-0.4, -0.2) is 51.2 Å². The number of nitrogens with zero attached hydrogens (tertiary/aromatic N) is 4. The Balaban J connectivity index is 1.80. The lowest BCUT2D eigenvalue weighted by atomic mass is 10.1. The first kappa shape index (κ1) is 12.0. The van der Waals surface area contributed by atoms with Crippen LogP contribution in [0.15, 0.2) is 6.33 Å². The second kappa shape index (κ2) is 5.24. The summed E-state index contributed by atoms with van der Waals surface area (Å²) in [5.41, 5.74) is 5.81. The van der Waals surface area contributed by atoms with Crippen LogP contribution in [-0.2, 0) is 11.8 Å². The summed E-state index contributed by atoms with van der Waals surface area (Å²) >= 11 is 0. The van der Waals surface area contributed by atoms with Crippen molar-refractivity contribution in [1.29, 1.82) is 0 Å². The number of piperidine rings is 1. The number of aryl methyl sites for hydroxylation is 1. The lowest BCUT2D eigenvalue weighted by Crippen LogP contribution is -2.43. The van der Waals surface area contributed by atoms with E-state index in [1.807, 2.05) is 0 Å². The molecule has 0 radical (unpaired) electrons. The van der Waals surface area contributed by atoms with E-state index in [-0.39, 0.29) is 11.9 Å². The van der Waals surface area contributed by atoms with Crippen molar-refractivity contribution >= 4 is 11.9 Å². The van der Waals surface area contributed by atoms with Gasteiger partial charge in [0.1, 0.15) is 6.33 Å². The van der Waals surface area contributed by atoms with Crippen molar-refractivity contribution in [2.45, 2.75) is 18.9 Å². The van der Waals surface area contributed by atoms with Crippen LogP contribution in [0.1, 0.15) is 12.8 Å². The normalized spacial score (nSPS) is 18.2. The summed E-state index contributed by atoms with van der Waals surface area (Å²) in [6, 6.07) is 0.285. The van der Waals surface area contributed by atoms with Crippen molar-refractivity contribution in [1.82, 2.24) is 19.7 Å². The zero-order chi connectivity index (χ0) is 12.3. The van der Waals surface area contributed by atoms with Gasteiger partial charge in [-0.25, -0.2) is 4.68 Å². The molecule has 1 aromatic heterocycles. The summed E-state index contributed by atoms with van der Waals surface area (Å²) in [6.07, 6.45) is 3.32. The highest BCUT2D eigenvalue weighted by Crippen LogP contribution is 2.08. The van der Waals surface area contributed by atoms with Gasteiger partial charge in [-0.15, -0.1) is 0 Å². The molecule has 7 heteroatoms. The first-order valence-corrected chi connectivity index (χ1v) is 5.77. The molecular weight excluding hydrogens is 220 g/mol. The van der Waals surface area contributed by atoms with E-state index >= 15 is 0 Å². The predicted octanol–water partition coefficient (Wildman–Crippen LogP) is -0.823. The molecule has 1 aromatic rings. The fraction of sp³-hybridized carbons (Fsp3) is 0.700. The Morgan fingerprint density at radius 3 is 2.88 bits per heavy atom. The Kier molecular flexibility index (Phi) is 3.70. The Morgan fingerprint density at radius 2 is 2.29 bits per heavy atom. The summed E-state index contributed by atoms with van der Waals surface area (Å²) in [5.74, 6) is 0.417. The van der Waals surface area contributed by atoms with Crippen LogP contribution in [0.2, 0.25) is 0 Å². The molecule has 0 saturated carbocycles. The number of likely N-dealkylation sites (tertiary alicyclic amines) is 1. The monoisotopic (exact) mass is 238 g/mol. The fourth-order valence-corrected chi connectivity index (χ4v) is 1.89. The van der Waals surface area contributed by atoms with Crippen molar-refractivity contribution in [3.63, 3.8) is 0 Å². The van der Waals surface area contributed by atoms with E-state index in [1.165, 1.54) is 11.0 Å². The Labute approximate surface area is 100.0 Å². The topological polar surface area (TPSA) is 89.1 Å². The van der Waals surface area contributed by atoms with Gasteiger partial charge in [0, 0.05) is 26.2 Å². The summed E-state index contributed by atoms with van der Waals surface area (Å²) in [7, 11) is 1.74. The minimum absolute atomic E-state index is 0.0587. The Hall–Kier alpha value is -1.47. The molecule has 94 valence electrons. The van der Waals surface area contributed by atoms with E-state index in [0.29, 0.717) is 12.5 Å². The second-order valence-corrected chi connectivity index (χ2v) is 4.37. The van der Waals surface area contributed by atoms with E-state index in [0.717, 1.165) is 25.9 Å². The van der Waals surface area contributed by atoms with Gasteiger partial charge in [0.25, 0.3) is 0 Å². The van der Waals surface area contributed by atoms with Crippen molar-refractivity contribution in [3.05, 3.63) is 6.33 Å². The average molecular weight is 238 g/mol. The number of hydrogen-bond donors (Lipinski definition) is 2. The van der Waals surface area contributed by atoms with Crippen LogP contribution in [0.3, 0.4) is 0 Å². The number of rotatable bonds is 3. The minimum atomic E-state index is -0.0587. The highest BCUT2D eigenvalue weighted by molar-refractivity contribution is 5.90. The van der Waals surface area contributed by atoms with Gasteiger partial charge in [0.15, 0.2) is 0 Å². The summed E-state index contributed by atoms with van der Waals surface area (Å²) in [4.78, 5) is 17.8. The largest absolute Gasteiger partial charge is 0.328 e. The molecule has 17 heavy (non-hydrogen) atoms.